The highest BCUT2D eigenvalue weighted by molar-refractivity contribution is 5.96. The number of aromatic nitrogens is 2. The standard InChI is InChI=1S/C37H32F2N2O/c38-32-22-23-33(39)36(31(32)21-24-35(42)27-13-5-1-6-14-27)34-25-41(26-40-34)37(28-15-7-2-8-16-28,29-17-9-3-10-18-29)30-19-11-4-12-20-30/h2-4,7-12,15-27H,1,5-6,13-14H2/b24-21+. The van der Waals surface area contributed by atoms with Crippen molar-refractivity contribution in [2.75, 3.05) is 0 Å². The van der Waals surface area contributed by atoms with E-state index in [1.54, 1.807) is 12.5 Å². The number of carbonyl (C=O) groups is 1. The molecule has 0 atom stereocenters. The predicted molar refractivity (Wildman–Crippen MR) is 163 cm³/mol. The van der Waals surface area contributed by atoms with Crippen LogP contribution in [0.4, 0.5) is 8.78 Å². The molecule has 0 saturated heterocycles. The summed E-state index contributed by atoms with van der Waals surface area (Å²) in [6, 6.07) is 32.5. The molecule has 1 aliphatic rings. The first kappa shape index (κ1) is 27.5. The largest absolute Gasteiger partial charge is 0.318 e. The van der Waals surface area contributed by atoms with E-state index in [1.165, 1.54) is 12.2 Å². The zero-order valence-corrected chi connectivity index (χ0v) is 23.3. The van der Waals surface area contributed by atoms with Gasteiger partial charge in [-0.2, -0.15) is 0 Å². The normalized spacial score (nSPS) is 14.3. The van der Waals surface area contributed by atoms with E-state index in [-0.39, 0.29) is 28.5 Å². The zero-order valence-electron chi connectivity index (χ0n) is 23.3. The third kappa shape index (κ3) is 5.11. The van der Waals surface area contributed by atoms with Gasteiger partial charge in [0.25, 0.3) is 0 Å². The summed E-state index contributed by atoms with van der Waals surface area (Å²) in [6.07, 6.45) is 11.1. The average molecular weight is 559 g/mol. The van der Waals surface area contributed by atoms with Gasteiger partial charge in [-0.15, -0.1) is 0 Å². The van der Waals surface area contributed by atoms with E-state index in [0.717, 1.165) is 60.9 Å². The fourth-order valence-corrected chi connectivity index (χ4v) is 6.30. The molecular weight excluding hydrogens is 526 g/mol. The molecule has 0 aliphatic heterocycles. The van der Waals surface area contributed by atoms with Crippen LogP contribution in [0, 0.1) is 17.6 Å². The van der Waals surface area contributed by atoms with Gasteiger partial charge in [0.1, 0.15) is 17.2 Å². The molecule has 42 heavy (non-hydrogen) atoms. The van der Waals surface area contributed by atoms with Crippen molar-refractivity contribution in [3.63, 3.8) is 0 Å². The highest BCUT2D eigenvalue weighted by atomic mass is 19.1. The maximum atomic E-state index is 15.5. The van der Waals surface area contributed by atoms with Crippen molar-refractivity contribution in [2.45, 2.75) is 37.6 Å². The van der Waals surface area contributed by atoms with Crippen LogP contribution in [0.1, 0.15) is 54.4 Å². The van der Waals surface area contributed by atoms with Crippen molar-refractivity contribution in [3.8, 4) is 11.3 Å². The van der Waals surface area contributed by atoms with E-state index >= 15 is 8.78 Å². The Labute approximate surface area is 245 Å². The summed E-state index contributed by atoms with van der Waals surface area (Å²) in [6.45, 7) is 0. The first-order chi connectivity index (χ1) is 20.6. The van der Waals surface area contributed by atoms with Crippen molar-refractivity contribution in [3.05, 3.63) is 156 Å². The molecule has 1 aromatic heterocycles. The molecule has 3 nitrogen and oxygen atoms in total. The molecule has 0 amide bonds. The van der Waals surface area contributed by atoms with E-state index in [0.29, 0.717) is 0 Å². The number of imidazole rings is 1. The Kier molecular flexibility index (Phi) is 7.91. The van der Waals surface area contributed by atoms with Crippen molar-refractivity contribution in [1.29, 1.82) is 0 Å². The van der Waals surface area contributed by atoms with Crippen LogP contribution in [0.3, 0.4) is 0 Å². The summed E-state index contributed by atoms with van der Waals surface area (Å²) in [5, 5.41) is 0. The third-order valence-electron chi connectivity index (χ3n) is 8.36. The number of ketones is 1. The lowest BCUT2D eigenvalue weighted by Crippen LogP contribution is -2.36. The Hall–Kier alpha value is -4.64. The van der Waals surface area contributed by atoms with Crippen molar-refractivity contribution < 1.29 is 13.6 Å². The number of nitrogens with zero attached hydrogens (tertiary/aromatic N) is 2. The molecule has 5 aromatic rings. The lowest BCUT2D eigenvalue weighted by Gasteiger charge is -2.37. The van der Waals surface area contributed by atoms with Gasteiger partial charge in [0.05, 0.1) is 12.0 Å². The monoisotopic (exact) mass is 558 g/mol. The van der Waals surface area contributed by atoms with E-state index < -0.39 is 17.2 Å². The first-order valence-corrected chi connectivity index (χ1v) is 14.5. The highest BCUT2D eigenvalue weighted by Gasteiger charge is 2.38. The molecule has 1 saturated carbocycles. The second-order valence-electron chi connectivity index (χ2n) is 10.9. The lowest BCUT2D eigenvalue weighted by atomic mass is 9.77. The molecule has 5 heteroatoms. The summed E-state index contributed by atoms with van der Waals surface area (Å²) in [7, 11) is 0. The second-order valence-corrected chi connectivity index (χ2v) is 10.9. The van der Waals surface area contributed by atoms with Crippen LogP contribution in [0.15, 0.2) is 122 Å². The minimum absolute atomic E-state index is 0.0224. The number of rotatable bonds is 8. The van der Waals surface area contributed by atoms with Crippen molar-refractivity contribution >= 4 is 11.9 Å². The number of allylic oxidation sites excluding steroid dienone is 1. The average Bonchev–Trinajstić information content (AvgIpc) is 3.53. The minimum Gasteiger partial charge on any atom is -0.318 e. The summed E-state index contributed by atoms with van der Waals surface area (Å²) >= 11 is 0. The van der Waals surface area contributed by atoms with E-state index in [4.69, 9.17) is 0 Å². The second kappa shape index (κ2) is 12.1. The smallest absolute Gasteiger partial charge is 0.158 e. The number of hydrogen-bond acceptors (Lipinski definition) is 2. The Balaban J connectivity index is 1.51. The fourth-order valence-electron chi connectivity index (χ4n) is 6.30. The molecule has 4 aromatic carbocycles. The van der Waals surface area contributed by atoms with Crippen molar-refractivity contribution in [1.82, 2.24) is 9.55 Å². The molecule has 1 fully saturated rings. The number of carbonyl (C=O) groups excluding carboxylic acids is 1. The molecule has 0 radical (unpaired) electrons. The molecule has 0 N–H and O–H groups in total. The molecule has 1 aliphatic carbocycles. The predicted octanol–water partition coefficient (Wildman–Crippen LogP) is 8.83. The lowest BCUT2D eigenvalue weighted by molar-refractivity contribution is -0.119. The quantitative estimate of drug-likeness (QED) is 0.141. The van der Waals surface area contributed by atoms with Crippen LogP contribution in [-0.4, -0.2) is 15.3 Å². The zero-order chi connectivity index (χ0) is 28.9. The van der Waals surface area contributed by atoms with Crippen LogP contribution in [0.2, 0.25) is 0 Å². The van der Waals surface area contributed by atoms with Gasteiger partial charge in [-0.25, -0.2) is 13.8 Å². The molecule has 6 rings (SSSR count). The number of benzene rings is 4. The summed E-state index contributed by atoms with van der Waals surface area (Å²) < 4.78 is 32.8. The minimum atomic E-state index is -0.841. The van der Waals surface area contributed by atoms with Gasteiger partial charge >= 0.3 is 0 Å². The van der Waals surface area contributed by atoms with E-state index in [9.17, 15) is 4.79 Å². The summed E-state index contributed by atoms with van der Waals surface area (Å²) in [5.41, 5.74) is 2.46. The summed E-state index contributed by atoms with van der Waals surface area (Å²) in [5.74, 6) is -1.30. The van der Waals surface area contributed by atoms with Crippen LogP contribution in [0.5, 0.6) is 0 Å². The van der Waals surface area contributed by atoms with Crippen LogP contribution in [-0.2, 0) is 10.3 Å². The van der Waals surface area contributed by atoms with E-state index in [2.05, 4.69) is 41.4 Å². The molecule has 0 unspecified atom stereocenters. The Morgan fingerprint density at radius 3 is 1.81 bits per heavy atom. The first-order valence-electron chi connectivity index (χ1n) is 14.5. The highest BCUT2D eigenvalue weighted by Crippen LogP contribution is 2.42. The fraction of sp³-hybridized carbons (Fsp3) is 0.189. The molecule has 0 bridgehead atoms. The number of hydrogen-bond donors (Lipinski definition) is 0. The van der Waals surface area contributed by atoms with Gasteiger partial charge in [0.2, 0.25) is 0 Å². The Morgan fingerprint density at radius 1 is 0.738 bits per heavy atom. The van der Waals surface area contributed by atoms with E-state index in [1.807, 2.05) is 59.2 Å². The van der Waals surface area contributed by atoms with Gasteiger partial charge < -0.3 is 4.57 Å². The topological polar surface area (TPSA) is 34.9 Å². The van der Waals surface area contributed by atoms with Gasteiger partial charge in [-0.1, -0.05) is 110 Å². The van der Waals surface area contributed by atoms with Gasteiger partial charge in [0.15, 0.2) is 5.78 Å². The summed E-state index contributed by atoms with van der Waals surface area (Å²) in [4.78, 5) is 17.5. The third-order valence-corrected chi connectivity index (χ3v) is 8.36. The van der Waals surface area contributed by atoms with Crippen LogP contribution >= 0.6 is 0 Å². The van der Waals surface area contributed by atoms with Crippen LogP contribution in [0.25, 0.3) is 17.3 Å². The van der Waals surface area contributed by atoms with Gasteiger partial charge in [-0.3, -0.25) is 4.79 Å². The number of halogens is 2. The molecule has 1 heterocycles. The Bertz CT molecular complexity index is 1590. The van der Waals surface area contributed by atoms with Crippen LogP contribution < -0.4 is 0 Å². The maximum absolute atomic E-state index is 15.5. The van der Waals surface area contributed by atoms with Gasteiger partial charge in [-0.05, 0) is 53.8 Å². The van der Waals surface area contributed by atoms with Gasteiger partial charge in [0, 0.05) is 23.2 Å². The Morgan fingerprint density at radius 2 is 1.26 bits per heavy atom. The van der Waals surface area contributed by atoms with Crippen molar-refractivity contribution in [2.24, 2.45) is 5.92 Å². The maximum Gasteiger partial charge on any atom is 0.158 e. The molecule has 0 spiro atoms. The molecule has 210 valence electrons. The molecular formula is C37H32F2N2O. The SMILES string of the molecule is O=C(/C=C/c1c(F)ccc(F)c1-c1cn(C(c2ccccc2)(c2ccccc2)c2ccccc2)cn1)C1CCCCC1.